The van der Waals surface area contributed by atoms with E-state index in [1.165, 1.54) is 50.4 Å². The molecule has 0 fully saturated rings. The average Bonchev–Trinajstić information content (AvgIpc) is 2.65. The van der Waals surface area contributed by atoms with Gasteiger partial charge in [-0.3, -0.25) is 9.59 Å². The van der Waals surface area contributed by atoms with E-state index in [9.17, 15) is 22.8 Å². The molecular weight excluding hydrogens is 387 g/mol. The lowest BCUT2D eigenvalue weighted by Crippen LogP contribution is -2.43. The number of carbonyl (C=O) groups excluding carboxylic acids is 2. The van der Waals surface area contributed by atoms with Gasteiger partial charge in [0.25, 0.3) is 0 Å². The molecule has 0 spiro atoms. The zero-order valence-electron chi connectivity index (χ0n) is 16.1. The fourth-order valence-electron chi connectivity index (χ4n) is 2.67. The van der Waals surface area contributed by atoms with E-state index in [1.54, 1.807) is 0 Å². The summed E-state index contributed by atoms with van der Waals surface area (Å²) in [5.74, 6) is -1.52. The molecule has 5 nitrogen and oxygen atoms in total. The van der Waals surface area contributed by atoms with Gasteiger partial charge < -0.3 is 14.8 Å². The minimum Gasteiger partial charge on any atom is -0.429 e. The Morgan fingerprint density at radius 2 is 1.83 bits per heavy atom. The van der Waals surface area contributed by atoms with Gasteiger partial charge in [-0.25, -0.2) is 4.39 Å². The van der Waals surface area contributed by atoms with Gasteiger partial charge in [-0.05, 0) is 36.2 Å². The van der Waals surface area contributed by atoms with E-state index >= 15 is 0 Å². The molecule has 0 aliphatic heterocycles. The van der Waals surface area contributed by atoms with Crippen LogP contribution in [-0.2, 0) is 26.9 Å². The fraction of sp³-hybridized carbons (Fsp3) is 0.333. The van der Waals surface area contributed by atoms with E-state index in [1.807, 2.05) is 0 Å². The zero-order valence-corrected chi connectivity index (χ0v) is 16.1. The maximum absolute atomic E-state index is 14.3. The zero-order chi connectivity index (χ0) is 21.4. The number of aryl methyl sites for hydroxylation is 1. The number of halogens is 3. The summed E-state index contributed by atoms with van der Waals surface area (Å²) in [7, 11) is 1.42. The van der Waals surface area contributed by atoms with Gasteiger partial charge in [0.15, 0.2) is 5.78 Å². The highest BCUT2D eigenvalue weighted by molar-refractivity contribution is 5.88. The molecule has 0 saturated carbocycles. The number of alkyl halides is 2. The molecule has 156 valence electrons. The molecule has 2 aromatic rings. The Kier molecular flexibility index (Phi) is 7.78. The lowest BCUT2D eigenvalue weighted by molar-refractivity contribution is -0.185. The molecule has 0 aromatic heterocycles. The number of Topliss-reactive ketones (excluding diaryl/α,β-unsaturated/α-hetero) is 1. The van der Waals surface area contributed by atoms with Crippen molar-refractivity contribution in [3.8, 4) is 5.75 Å². The van der Waals surface area contributed by atoms with Gasteiger partial charge >= 0.3 is 6.11 Å². The number of nitrogens with one attached hydrogen (secondary N) is 1. The largest absolute Gasteiger partial charge is 0.429 e. The third-order valence-electron chi connectivity index (χ3n) is 4.09. The van der Waals surface area contributed by atoms with E-state index in [-0.39, 0.29) is 30.5 Å². The molecule has 8 heteroatoms. The Balaban J connectivity index is 1.98. The highest BCUT2D eigenvalue weighted by Gasteiger charge is 2.34. The van der Waals surface area contributed by atoms with Gasteiger partial charge in [-0.1, -0.05) is 18.2 Å². The molecule has 1 N–H and O–H groups in total. The molecule has 1 atom stereocenters. The number of carbonyl (C=O) groups is 2. The third kappa shape index (κ3) is 6.90. The standard InChI is InChI=1S/C21H22F3NO4/c1-14(26)25-19(13-28-2)20(27)11-8-15-6-9-16(10-7-15)21(23,24)29-18-5-3-4-17(22)12-18/h3-7,9-10,12,19H,8,11,13H2,1-2H3,(H,25,26)/t19-/m1/s1. The van der Waals surface area contributed by atoms with Crippen LogP contribution < -0.4 is 10.1 Å². The summed E-state index contributed by atoms with van der Waals surface area (Å²) in [6.45, 7) is 1.36. The van der Waals surface area contributed by atoms with Crippen molar-refractivity contribution in [2.24, 2.45) is 0 Å². The number of rotatable bonds is 10. The summed E-state index contributed by atoms with van der Waals surface area (Å²) in [6, 6.07) is 9.09. The van der Waals surface area contributed by atoms with Crippen LogP contribution in [0.3, 0.4) is 0 Å². The second-order valence-electron chi connectivity index (χ2n) is 6.45. The molecule has 1 amide bonds. The highest BCUT2D eigenvalue weighted by Crippen LogP contribution is 2.31. The minimum absolute atomic E-state index is 0.0565. The summed E-state index contributed by atoms with van der Waals surface area (Å²) < 4.78 is 51.2. The maximum Gasteiger partial charge on any atom is 0.426 e. The van der Waals surface area contributed by atoms with Crippen molar-refractivity contribution < 1.29 is 32.2 Å². The van der Waals surface area contributed by atoms with E-state index in [0.29, 0.717) is 12.0 Å². The summed E-state index contributed by atoms with van der Waals surface area (Å²) in [4.78, 5) is 23.4. The van der Waals surface area contributed by atoms with Crippen LogP contribution in [0.2, 0.25) is 0 Å². The van der Waals surface area contributed by atoms with Gasteiger partial charge in [-0.2, -0.15) is 8.78 Å². The summed E-state index contributed by atoms with van der Waals surface area (Å²) >= 11 is 0. The number of hydrogen-bond donors (Lipinski definition) is 1. The fourth-order valence-corrected chi connectivity index (χ4v) is 2.67. The van der Waals surface area contributed by atoms with Crippen LogP contribution in [0.4, 0.5) is 13.2 Å². The van der Waals surface area contributed by atoms with E-state index in [4.69, 9.17) is 4.74 Å². The van der Waals surface area contributed by atoms with Crippen LogP contribution in [-0.4, -0.2) is 31.4 Å². The van der Waals surface area contributed by atoms with Gasteiger partial charge in [0.1, 0.15) is 17.6 Å². The number of methoxy groups -OCH3 is 1. The number of benzene rings is 2. The minimum atomic E-state index is -3.64. The molecule has 0 aliphatic rings. The van der Waals surface area contributed by atoms with Crippen molar-refractivity contribution in [3.63, 3.8) is 0 Å². The van der Waals surface area contributed by atoms with Gasteiger partial charge in [0.2, 0.25) is 5.91 Å². The summed E-state index contributed by atoms with van der Waals surface area (Å²) in [5, 5.41) is 2.52. The topological polar surface area (TPSA) is 64.6 Å². The molecule has 29 heavy (non-hydrogen) atoms. The van der Waals surface area contributed by atoms with E-state index < -0.39 is 23.5 Å². The third-order valence-corrected chi connectivity index (χ3v) is 4.09. The molecular formula is C21H22F3NO4. The quantitative estimate of drug-likeness (QED) is 0.651. The van der Waals surface area contributed by atoms with E-state index in [2.05, 4.69) is 10.1 Å². The van der Waals surface area contributed by atoms with Crippen molar-refractivity contribution in [2.45, 2.75) is 31.9 Å². The number of ketones is 1. The summed E-state index contributed by atoms with van der Waals surface area (Å²) in [6.07, 6.45) is -3.21. The van der Waals surface area contributed by atoms with E-state index in [0.717, 1.165) is 12.1 Å². The monoisotopic (exact) mass is 409 g/mol. The molecule has 0 aliphatic carbocycles. The van der Waals surface area contributed by atoms with Crippen LogP contribution >= 0.6 is 0 Å². The first kappa shape index (κ1) is 22.4. The Morgan fingerprint density at radius 3 is 2.41 bits per heavy atom. The SMILES string of the molecule is COC[C@@H](NC(C)=O)C(=O)CCc1ccc(C(F)(F)Oc2cccc(F)c2)cc1. The number of amides is 1. The van der Waals surface area contributed by atoms with Crippen LogP contribution in [0, 0.1) is 5.82 Å². The van der Waals surface area contributed by atoms with Crippen molar-refractivity contribution in [1.82, 2.24) is 5.32 Å². The smallest absolute Gasteiger partial charge is 0.426 e. The number of ether oxygens (including phenoxy) is 2. The summed E-state index contributed by atoms with van der Waals surface area (Å²) in [5.41, 5.74) is 0.273. The first-order chi connectivity index (χ1) is 13.7. The predicted octanol–water partition coefficient (Wildman–Crippen LogP) is 3.61. The molecule has 0 bridgehead atoms. The first-order valence-corrected chi connectivity index (χ1v) is 8.92. The Labute approximate surface area is 166 Å². The van der Waals surface area contributed by atoms with Crippen molar-refractivity contribution in [3.05, 3.63) is 65.5 Å². The predicted molar refractivity (Wildman–Crippen MR) is 100 cm³/mol. The van der Waals surface area contributed by atoms with Gasteiger partial charge in [0, 0.05) is 26.5 Å². The molecule has 0 saturated heterocycles. The molecule has 0 unspecified atom stereocenters. The number of hydrogen-bond acceptors (Lipinski definition) is 4. The second kappa shape index (κ2) is 10.1. The molecule has 0 radical (unpaired) electrons. The van der Waals surface area contributed by atoms with Gasteiger partial charge in [0.05, 0.1) is 12.2 Å². The van der Waals surface area contributed by atoms with Crippen molar-refractivity contribution in [1.29, 1.82) is 0 Å². The van der Waals surface area contributed by atoms with Crippen molar-refractivity contribution in [2.75, 3.05) is 13.7 Å². The molecule has 2 rings (SSSR count). The lowest BCUT2D eigenvalue weighted by Gasteiger charge is -2.19. The first-order valence-electron chi connectivity index (χ1n) is 8.92. The second-order valence-corrected chi connectivity index (χ2v) is 6.45. The Bertz CT molecular complexity index is 840. The molecule has 0 heterocycles. The Morgan fingerprint density at radius 1 is 1.14 bits per heavy atom. The van der Waals surface area contributed by atoms with Crippen LogP contribution in [0.25, 0.3) is 0 Å². The lowest BCUT2D eigenvalue weighted by atomic mass is 10.0. The molecule has 2 aromatic carbocycles. The van der Waals surface area contributed by atoms with Crippen LogP contribution in [0.1, 0.15) is 24.5 Å². The highest BCUT2D eigenvalue weighted by atomic mass is 19.3. The average molecular weight is 409 g/mol. The maximum atomic E-state index is 14.3. The van der Waals surface area contributed by atoms with Gasteiger partial charge in [-0.15, -0.1) is 0 Å². The normalized spacial score (nSPS) is 12.3. The Hall–Kier alpha value is -2.87. The van der Waals surface area contributed by atoms with Crippen molar-refractivity contribution >= 4 is 11.7 Å². The van der Waals surface area contributed by atoms with Crippen LogP contribution in [0.5, 0.6) is 5.75 Å². The van der Waals surface area contributed by atoms with Crippen LogP contribution in [0.15, 0.2) is 48.5 Å².